The number of aryl methyl sites for hydroxylation is 1. The molecule has 3 aromatic rings. The number of sulfonamides is 1. The van der Waals surface area contributed by atoms with Crippen LogP contribution in [0.5, 0.6) is 5.75 Å². The summed E-state index contributed by atoms with van der Waals surface area (Å²) in [4.78, 5) is 13.4. The number of anilines is 1. The van der Waals surface area contributed by atoms with E-state index in [9.17, 15) is 13.2 Å². The van der Waals surface area contributed by atoms with Crippen molar-refractivity contribution in [3.63, 3.8) is 0 Å². The Morgan fingerprint density at radius 1 is 1.03 bits per heavy atom. The molecule has 1 amide bonds. The Balaban J connectivity index is 1.45. The first-order valence-electron chi connectivity index (χ1n) is 11.1. The molecule has 1 unspecified atom stereocenters. The molecule has 33 heavy (non-hydrogen) atoms. The number of nitrogens with zero attached hydrogens (tertiary/aromatic N) is 1. The molecule has 0 saturated carbocycles. The zero-order valence-corrected chi connectivity index (χ0v) is 19.4. The van der Waals surface area contributed by atoms with E-state index in [-0.39, 0.29) is 17.3 Å². The van der Waals surface area contributed by atoms with Crippen LogP contribution in [0.15, 0.2) is 83.8 Å². The van der Waals surface area contributed by atoms with Gasteiger partial charge < -0.3 is 10.1 Å². The Morgan fingerprint density at radius 3 is 2.45 bits per heavy atom. The summed E-state index contributed by atoms with van der Waals surface area (Å²) in [6.07, 6.45) is 1.27. The van der Waals surface area contributed by atoms with Gasteiger partial charge in [0.1, 0.15) is 12.4 Å². The molecule has 0 aromatic heterocycles. The van der Waals surface area contributed by atoms with Gasteiger partial charge in [0.2, 0.25) is 15.9 Å². The normalized spacial score (nSPS) is 16.8. The molecule has 1 heterocycles. The summed E-state index contributed by atoms with van der Waals surface area (Å²) in [6.45, 7) is 2.93. The Bertz CT molecular complexity index is 1200. The number of rotatable bonds is 7. The summed E-state index contributed by atoms with van der Waals surface area (Å²) >= 11 is 0. The third-order valence-electron chi connectivity index (χ3n) is 5.77. The molecule has 0 bridgehead atoms. The molecule has 1 atom stereocenters. The van der Waals surface area contributed by atoms with Gasteiger partial charge in [-0.2, -0.15) is 4.31 Å². The van der Waals surface area contributed by atoms with Gasteiger partial charge in [0.25, 0.3) is 0 Å². The fraction of sp³-hybridized carbons (Fsp3) is 0.269. The first-order chi connectivity index (χ1) is 15.9. The Hall–Kier alpha value is -3.16. The van der Waals surface area contributed by atoms with Crippen LogP contribution in [0.4, 0.5) is 5.69 Å². The topological polar surface area (TPSA) is 75.7 Å². The fourth-order valence-corrected chi connectivity index (χ4v) is 5.48. The van der Waals surface area contributed by atoms with Crippen LogP contribution in [-0.4, -0.2) is 31.7 Å². The van der Waals surface area contributed by atoms with E-state index in [0.717, 1.165) is 11.1 Å². The predicted molar refractivity (Wildman–Crippen MR) is 129 cm³/mol. The lowest BCUT2D eigenvalue weighted by Crippen LogP contribution is -2.43. The van der Waals surface area contributed by atoms with E-state index in [1.807, 2.05) is 55.5 Å². The third kappa shape index (κ3) is 5.61. The maximum absolute atomic E-state index is 13.1. The lowest BCUT2D eigenvalue weighted by molar-refractivity contribution is -0.120. The van der Waals surface area contributed by atoms with Crippen molar-refractivity contribution >= 4 is 21.6 Å². The van der Waals surface area contributed by atoms with Gasteiger partial charge >= 0.3 is 0 Å². The van der Waals surface area contributed by atoms with Crippen molar-refractivity contribution < 1.29 is 17.9 Å². The molecule has 6 nitrogen and oxygen atoms in total. The van der Waals surface area contributed by atoms with Crippen molar-refractivity contribution in [3.05, 3.63) is 90.0 Å². The van der Waals surface area contributed by atoms with E-state index < -0.39 is 15.9 Å². The number of nitrogens with one attached hydrogen (secondary N) is 1. The van der Waals surface area contributed by atoms with Crippen molar-refractivity contribution in [3.8, 4) is 5.75 Å². The van der Waals surface area contributed by atoms with Gasteiger partial charge in [0, 0.05) is 13.1 Å². The molecular weight excluding hydrogens is 436 g/mol. The van der Waals surface area contributed by atoms with Crippen molar-refractivity contribution in [1.29, 1.82) is 0 Å². The van der Waals surface area contributed by atoms with E-state index in [2.05, 4.69) is 5.32 Å². The van der Waals surface area contributed by atoms with E-state index in [0.29, 0.717) is 37.4 Å². The van der Waals surface area contributed by atoms with Crippen molar-refractivity contribution in [2.45, 2.75) is 31.3 Å². The zero-order chi connectivity index (χ0) is 23.3. The lowest BCUT2D eigenvalue weighted by atomic mass is 9.98. The third-order valence-corrected chi connectivity index (χ3v) is 7.65. The summed E-state index contributed by atoms with van der Waals surface area (Å²) in [5.74, 6) is -0.0336. The number of benzene rings is 3. The number of hydrogen-bond donors (Lipinski definition) is 1. The molecule has 1 aliphatic rings. The van der Waals surface area contributed by atoms with Crippen LogP contribution in [0.2, 0.25) is 0 Å². The SMILES string of the molecule is Cc1ccc(NC(=O)C2CCCN(S(=O)(=O)c3ccccc3)C2)c(OCc2ccccc2)c1. The second-order valence-corrected chi connectivity index (χ2v) is 10.2. The van der Waals surface area contributed by atoms with Gasteiger partial charge in [-0.05, 0) is 55.2 Å². The van der Waals surface area contributed by atoms with Crippen LogP contribution in [0.1, 0.15) is 24.0 Å². The number of carbonyl (C=O) groups excluding carboxylic acids is 1. The van der Waals surface area contributed by atoms with E-state index in [1.54, 1.807) is 30.3 Å². The summed E-state index contributed by atoms with van der Waals surface area (Å²) in [5, 5.41) is 2.97. The smallest absolute Gasteiger partial charge is 0.243 e. The van der Waals surface area contributed by atoms with Crippen LogP contribution in [-0.2, 0) is 21.4 Å². The minimum Gasteiger partial charge on any atom is -0.487 e. The Labute approximate surface area is 195 Å². The highest BCUT2D eigenvalue weighted by Crippen LogP contribution is 2.29. The first kappa shape index (κ1) is 23.0. The molecule has 3 aromatic carbocycles. The Kier molecular flexibility index (Phi) is 7.11. The monoisotopic (exact) mass is 464 g/mol. The van der Waals surface area contributed by atoms with E-state index >= 15 is 0 Å². The molecule has 4 rings (SSSR count). The average Bonchev–Trinajstić information content (AvgIpc) is 2.85. The predicted octanol–water partition coefficient (Wildman–Crippen LogP) is 4.61. The van der Waals surface area contributed by atoms with Gasteiger partial charge in [-0.25, -0.2) is 8.42 Å². The molecule has 0 radical (unpaired) electrons. The number of piperidine rings is 1. The molecule has 0 spiro atoms. The first-order valence-corrected chi connectivity index (χ1v) is 12.5. The summed E-state index contributed by atoms with van der Waals surface area (Å²) in [5.41, 5.74) is 2.64. The minimum atomic E-state index is -3.63. The maximum Gasteiger partial charge on any atom is 0.243 e. The molecule has 1 aliphatic heterocycles. The quantitative estimate of drug-likeness (QED) is 0.554. The zero-order valence-electron chi connectivity index (χ0n) is 18.6. The molecule has 172 valence electrons. The second kappa shape index (κ2) is 10.2. The number of ether oxygens (including phenoxy) is 1. The van der Waals surface area contributed by atoms with E-state index in [1.165, 1.54) is 4.31 Å². The lowest BCUT2D eigenvalue weighted by Gasteiger charge is -2.31. The standard InChI is InChI=1S/C26H28N2O4S/c1-20-14-15-24(25(17-20)32-19-21-9-4-2-5-10-21)27-26(29)22-11-8-16-28(18-22)33(30,31)23-12-6-3-7-13-23/h2-7,9-10,12-15,17,22H,8,11,16,18-19H2,1H3,(H,27,29). The average molecular weight is 465 g/mol. The molecule has 1 saturated heterocycles. The van der Waals surface area contributed by atoms with Crippen LogP contribution in [0, 0.1) is 12.8 Å². The molecule has 1 N–H and O–H groups in total. The van der Waals surface area contributed by atoms with Crippen LogP contribution < -0.4 is 10.1 Å². The van der Waals surface area contributed by atoms with Gasteiger partial charge in [-0.1, -0.05) is 54.6 Å². The number of amides is 1. The summed E-state index contributed by atoms with van der Waals surface area (Å²) in [6, 6.07) is 23.8. The Morgan fingerprint density at radius 2 is 1.73 bits per heavy atom. The second-order valence-electron chi connectivity index (χ2n) is 8.28. The minimum absolute atomic E-state index is 0.162. The van der Waals surface area contributed by atoms with Crippen LogP contribution in [0.25, 0.3) is 0 Å². The van der Waals surface area contributed by atoms with Crippen molar-refractivity contribution in [1.82, 2.24) is 4.31 Å². The van der Waals surface area contributed by atoms with Gasteiger partial charge in [0.15, 0.2) is 0 Å². The molecule has 0 aliphatic carbocycles. The molecular formula is C26H28N2O4S. The van der Waals surface area contributed by atoms with Crippen molar-refractivity contribution in [2.24, 2.45) is 5.92 Å². The molecule has 1 fully saturated rings. The summed E-state index contributed by atoms with van der Waals surface area (Å²) < 4.78 is 33.4. The highest BCUT2D eigenvalue weighted by Gasteiger charge is 2.33. The largest absolute Gasteiger partial charge is 0.487 e. The highest BCUT2D eigenvalue weighted by atomic mass is 32.2. The van der Waals surface area contributed by atoms with Crippen LogP contribution in [0.3, 0.4) is 0 Å². The van der Waals surface area contributed by atoms with Crippen LogP contribution >= 0.6 is 0 Å². The van der Waals surface area contributed by atoms with Gasteiger partial charge in [0.05, 0.1) is 16.5 Å². The maximum atomic E-state index is 13.1. The summed E-state index contributed by atoms with van der Waals surface area (Å²) in [7, 11) is -3.63. The van der Waals surface area contributed by atoms with Gasteiger partial charge in [-0.15, -0.1) is 0 Å². The van der Waals surface area contributed by atoms with E-state index in [4.69, 9.17) is 4.74 Å². The fourth-order valence-electron chi connectivity index (χ4n) is 3.94. The number of carbonyl (C=O) groups is 1. The van der Waals surface area contributed by atoms with Crippen molar-refractivity contribution in [2.75, 3.05) is 18.4 Å². The molecule has 7 heteroatoms. The highest BCUT2D eigenvalue weighted by molar-refractivity contribution is 7.89. The van der Waals surface area contributed by atoms with Gasteiger partial charge in [-0.3, -0.25) is 4.79 Å². The number of hydrogen-bond acceptors (Lipinski definition) is 4.